The van der Waals surface area contributed by atoms with Crippen molar-refractivity contribution in [3.8, 4) is 11.9 Å². The zero-order valence-corrected chi connectivity index (χ0v) is 14.3. The van der Waals surface area contributed by atoms with Crippen molar-refractivity contribution in [2.24, 2.45) is 11.8 Å². The largest absolute Gasteiger partial charge is 0.480 e. The molecule has 1 aliphatic carbocycles. The highest BCUT2D eigenvalue weighted by molar-refractivity contribution is 6.20. The second kappa shape index (κ2) is 7.27. The summed E-state index contributed by atoms with van der Waals surface area (Å²) in [5.74, 6) is 1.33. The molecule has 6 nitrogen and oxygen atoms in total. The fraction of sp³-hybridized carbons (Fsp3) is 0.588. The van der Waals surface area contributed by atoms with Crippen LogP contribution in [0, 0.1) is 23.2 Å². The average Bonchev–Trinajstić information content (AvgIpc) is 2.60. The predicted molar refractivity (Wildman–Crippen MR) is 91.0 cm³/mol. The maximum Gasteiger partial charge on any atom is 0.233 e. The van der Waals surface area contributed by atoms with Crippen molar-refractivity contribution < 1.29 is 9.53 Å². The molecule has 2 aliphatic rings. The van der Waals surface area contributed by atoms with E-state index in [1.165, 1.54) is 7.11 Å². The standard InChI is InChI=1S/C17H21ClN4O2/c1-24-17-10(8-19)2-5-15(22-17)20-9-12-6-11-7-13(18)3-4-14(11)21-16(12)23/h2,5,11-14H,3-4,6-7,9H2,1H3,(H,20,22)(H,21,23). The number of hydrogen-bond acceptors (Lipinski definition) is 5. The van der Waals surface area contributed by atoms with E-state index in [0.29, 0.717) is 23.8 Å². The van der Waals surface area contributed by atoms with Crippen LogP contribution in [0.2, 0.25) is 0 Å². The quantitative estimate of drug-likeness (QED) is 0.815. The number of anilines is 1. The molecule has 1 aromatic heterocycles. The number of halogens is 1. The van der Waals surface area contributed by atoms with E-state index in [9.17, 15) is 4.79 Å². The highest BCUT2D eigenvalue weighted by Crippen LogP contribution is 2.35. The molecular formula is C17H21ClN4O2. The van der Waals surface area contributed by atoms with E-state index in [1.807, 2.05) is 6.07 Å². The molecule has 7 heteroatoms. The lowest BCUT2D eigenvalue weighted by atomic mass is 9.75. The van der Waals surface area contributed by atoms with E-state index >= 15 is 0 Å². The van der Waals surface area contributed by atoms with E-state index in [4.69, 9.17) is 21.6 Å². The zero-order chi connectivity index (χ0) is 17.1. The summed E-state index contributed by atoms with van der Waals surface area (Å²) in [4.78, 5) is 16.6. The number of nitriles is 1. The van der Waals surface area contributed by atoms with Crippen molar-refractivity contribution in [3.63, 3.8) is 0 Å². The minimum atomic E-state index is -0.100. The molecule has 24 heavy (non-hydrogen) atoms. The third-order valence-electron chi connectivity index (χ3n) is 4.91. The molecule has 4 atom stereocenters. The monoisotopic (exact) mass is 348 g/mol. The third kappa shape index (κ3) is 3.57. The van der Waals surface area contributed by atoms with Crippen LogP contribution in [0.1, 0.15) is 31.2 Å². The molecule has 1 amide bonds. The first kappa shape index (κ1) is 16.8. The van der Waals surface area contributed by atoms with Crippen LogP contribution in [-0.2, 0) is 4.79 Å². The van der Waals surface area contributed by atoms with Gasteiger partial charge in [-0.25, -0.2) is 0 Å². The van der Waals surface area contributed by atoms with Crippen LogP contribution in [0.15, 0.2) is 12.1 Å². The Kier molecular flexibility index (Phi) is 5.10. The third-order valence-corrected chi connectivity index (χ3v) is 5.30. The Bertz CT molecular complexity index is 660. The number of rotatable bonds is 4. The molecule has 0 radical (unpaired) electrons. The second-order valence-corrected chi connectivity index (χ2v) is 7.08. The molecule has 1 saturated carbocycles. The second-order valence-electron chi connectivity index (χ2n) is 6.46. The predicted octanol–water partition coefficient (Wildman–Crippen LogP) is 2.29. The fourth-order valence-corrected chi connectivity index (χ4v) is 3.97. The molecule has 2 heterocycles. The van der Waals surface area contributed by atoms with E-state index in [0.717, 1.165) is 25.7 Å². The number of hydrogen-bond donors (Lipinski definition) is 2. The lowest BCUT2D eigenvalue weighted by Crippen LogP contribution is -2.53. The smallest absolute Gasteiger partial charge is 0.233 e. The Hall–Kier alpha value is -2.00. The van der Waals surface area contributed by atoms with Gasteiger partial charge in [0.25, 0.3) is 0 Å². The molecule has 2 N–H and O–H groups in total. The van der Waals surface area contributed by atoms with Gasteiger partial charge in [-0.05, 0) is 43.7 Å². The van der Waals surface area contributed by atoms with Gasteiger partial charge in [0.15, 0.2) is 0 Å². The number of amides is 1. The Balaban J connectivity index is 1.62. The lowest BCUT2D eigenvalue weighted by Gasteiger charge is -2.41. The van der Waals surface area contributed by atoms with Crippen molar-refractivity contribution in [1.82, 2.24) is 10.3 Å². The molecule has 128 valence electrons. The molecular weight excluding hydrogens is 328 g/mol. The van der Waals surface area contributed by atoms with Crippen LogP contribution in [0.3, 0.4) is 0 Å². The minimum Gasteiger partial charge on any atom is -0.480 e. The molecule has 1 aliphatic heterocycles. The van der Waals surface area contributed by atoms with Crippen LogP contribution < -0.4 is 15.4 Å². The van der Waals surface area contributed by atoms with Crippen molar-refractivity contribution in [2.75, 3.05) is 19.0 Å². The van der Waals surface area contributed by atoms with Gasteiger partial charge in [-0.3, -0.25) is 4.79 Å². The summed E-state index contributed by atoms with van der Waals surface area (Å²) in [6, 6.07) is 5.68. The number of fused-ring (bicyclic) bond motifs is 1. The van der Waals surface area contributed by atoms with Gasteiger partial charge in [-0.1, -0.05) is 0 Å². The number of aromatic nitrogens is 1. The van der Waals surface area contributed by atoms with E-state index in [-0.39, 0.29) is 29.1 Å². The number of nitrogens with one attached hydrogen (secondary N) is 2. The summed E-state index contributed by atoms with van der Waals surface area (Å²) in [5.41, 5.74) is 0.386. The van der Waals surface area contributed by atoms with E-state index in [2.05, 4.69) is 15.6 Å². The lowest BCUT2D eigenvalue weighted by molar-refractivity contribution is -0.129. The zero-order valence-electron chi connectivity index (χ0n) is 13.6. The summed E-state index contributed by atoms with van der Waals surface area (Å²) < 4.78 is 5.10. The molecule has 0 aromatic carbocycles. The first-order valence-electron chi connectivity index (χ1n) is 8.24. The van der Waals surface area contributed by atoms with Crippen molar-refractivity contribution in [3.05, 3.63) is 17.7 Å². The van der Waals surface area contributed by atoms with Gasteiger partial charge < -0.3 is 15.4 Å². The summed E-state index contributed by atoms with van der Waals surface area (Å²) in [7, 11) is 1.48. The summed E-state index contributed by atoms with van der Waals surface area (Å²) in [6.07, 6.45) is 3.76. The molecule has 0 bridgehead atoms. The van der Waals surface area contributed by atoms with Gasteiger partial charge >= 0.3 is 0 Å². The van der Waals surface area contributed by atoms with Crippen LogP contribution >= 0.6 is 11.6 Å². The summed E-state index contributed by atoms with van der Waals surface area (Å²) >= 11 is 6.28. The molecule has 4 unspecified atom stereocenters. The van der Waals surface area contributed by atoms with Gasteiger partial charge in [0.05, 0.1) is 13.0 Å². The summed E-state index contributed by atoms with van der Waals surface area (Å²) in [5, 5.41) is 15.5. The maximum atomic E-state index is 12.3. The van der Waals surface area contributed by atoms with Crippen molar-refractivity contribution in [2.45, 2.75) is 37.1 Å². The van der Waals surface area contributed by atoms with Gasteiger partial charge in [-0.2, -0.15) is 10.2 Å². The van der Waals surface area contributed by atoms with Gasteiger partial charge in [-0.15, -0.1) is 11.6 Å². The number of ether oxygens (including phenoxy) is 1. The number of pyridine rings is 1. The topological polar surface area (TPSA) is 87.0 Å². The Labute approximate surface area is 146 Å². The number of carbonyl (C=O) groups is 1. The van der Waals surface area contributed by atoms with Crippen molar-refractivity contribution >= 4 is 23.3 Å². The Morgan fingerprint density at radius 1 is 1.46 bits per heavy atom. The SMILES string of the molecule is COc1nc(NCC2CC3CC(Cl)CCC3NC2=O)ccc1C#N. The molecule has 3 rings (SSSR count). The van der Waals surface area contributed by atoms with Crippen molar-refractivity contribution in [1.29, 1.82) is 5.26 Å². The minimum absolute atomic E-state index is 0.0948. The molecule has 1 aromatic rings. The normalized spacial score (nSPS) is 29.1. The number of piperidine rings is 1. The van der Waals surface area contributed by atoms with Gasteiger partial charge in [0.2, 0.25) is 11.8 Å². The number of methoxy groups -OCH3 is 1. The van der Waals surface area contributed by atoms with E-state index in [1.54, 1.807) is 12.1 Å². The fourth-order valence-electron chi connectivity index (χ4n) is 3.61. The van der Waals surface area contributed by atoms with Crippen LogP contribution in [0.5, 0.6) is 5.88 Å². The molecule has 2 fully saturated rings. The van der Waals surface area contributed by atoms with Crippen LogP contribution in [-0.4, -0.2) is 36.0 Å². The first-order chi connectivity index (χ1) is 11.6. The Morgan fingerprint density at radius 2 is 2.29 bits per heavy atom. The van der Waals surface area contributed by atoms with Gasteiger partial charge in [0, 0.05) is 18.0 Å². The van der Waals surface area contributed by atoms with Crippen LogP contribution in [0.4, 0.5) is 5.82 Å². The number of carbonyl (C=O) groups excluding carboxylic acids is 1. The van der Waals surface area contributed by atoms with Gasteiger partial charge in [0.1, 0.15) is 17.5 Å². The molecule has 1 saturated heterocycles. The highest BCUT2D eigenvalue weighted by Gasteiger charge is 2.38. The highest BCUT2D eigenvalue weighted by atomic mass is 35.5. The number of alkyl halides is 1. The maximum absolute atomic E-state index is 12.3. The van der Waals surface area contributed by atoms with Crippen LogP contribution in [0.25, 0.3) is 0 Å². The number of nitrogens with zero attached hydrogens (tertiary/aromatic N) is 2. The first-order valence-corrected chi connectivity index (χ1v) is 8.67. The average molecular weight is 349 g/mol. The summed E-state index contributed by atoms with van der Waals surface area (Å²) in [6.45, 7) is 0.504. The molecule has 0 spiro atoms. The Morgan fingerprint density at radius 3 is 3.04 bits per heavy atom. The van der Waals surface area contributed by atoms with E-state index < -0.39 is 0 Å².